The Morgan fingerprint density at radius 2 is 2.16 bits per heavy atom. The average Bonchev–Trinajstić information content (AvgIpc) is 2.91. The monoisotopic (exact) mass is 258 g/mol. The summed E-state index contributed by atoms with van der Waals surface area (Å²) in [5.74, 6) is 1.49. The van der Waals surface area contributed by atoms with Crippen LogP contribution in [0.15, 0.2) is 29.3 Å². The first-order valence-electron chi connectivity index (χ1n) is 7.28. The fourth-order valence-electron chi connectivity index (χ4n) is 2.82. The second kappa shape index (κ2) is 5.74. The molecule has 0 spiro atoms. The predicted octanol–water partition coefficient (Wildman–Crippen LogP) is 2.33. The van der Waals surface area contributed by atoms with Crippen molar-refractivity contribution in [3.63, 3.8) is 0 Å². The number of rotatable bonds is 3. The van der Waals surface area contributed by atoms with Gasteiger partial charge >= 0.3 is 0 Å². The number of piperidine rings is 1. The molecule has 0 radical (unpaired) electrons. The molecule has 0 amide bonds. The van der Waals surface area contributed by atoms with E-state index in [0.29, 0.717) is 12.0 Å². The molecule has 2 aliphatic heterocycles. The van der Waals surface area contributed by atoms with Gasteiger partial charge in [0.15, 0.2) is 5.90 Å². The zero-order chi connectivity index (χ0) is 13.1. The third-order valence-electron chi connectivity index (χ3n) is 3.97. The van der Waals surface area contributed by atoms with Crippen molar-refractivity contribution < 1.29 is 4.74 Å². The van der Waals surface area contributed by atoms with Gasteiger partial charge in [-0.3, -0.25) is 0 Å². The van der Waals surface area contributed by atoms with Crippen LogP contribution in [-0.2, 0) is 11.2 Å². The molecule has 0 bridgehead atoms. The molecule has 1 aromatic carbocycles. The number of nitrogens with zero attached hydrogens (tertiary/aromatic N) is 1. The van der Waals surface area contributed by atoms with E-state index in [-0.39, 0.29) is 0 Å². The topological polar surface area (TPSA) is 33.6 Å². The number of aliphatic imine (C=N–C) groups is 1. The lowest BCUT2D eigenvalue weighted by Crippen LogP contribution is -2.34. The van der Waals surface area contributed by atoms with Gasteiger partial charge < -0.3 is 10.1 Å². The summed E-state index contributed by atoms with van der Waals surface area (Å²) in [6, 6.07) is 9.04. The summed E-state index contributed by atoms with van der Waals surface area (Å²) in [5.41, 5.74) is 2.66. The number of hydrogen-bond acceptors (Lipinski definition) is 3. The van der Waals surface area contributed by atoms with E-state index in [1.165, 1.54) is 24.0 Å². The van der Waals surface area contributed by atoms with Crippen molar-refractivity contribution in [1.29, 1.82) is 0 Å². The average molecular weight is 258 g/mol. The van der Waals surface area contributed by atoms with E-state index >= 15 is 0 Å². The van der Waals surface area contributed by atoms with E-state index in [1.807, 2.05) is 0 Å². The van der Waals surface area contributed by atoms with Crippen molar-refractivity contribution in [2.45, 2.75) is 32.2 Å². The number of hydrogen-bond donors (Lipinski definition) is 1. The molecule has 0 aliphatic carbocycles. The van der Waals surface area contributed by atoms with Crippen LogP contribution in [0.25, 0.3) is 0 Å². The summed E-state index contributed by atoms with van der Waals surface area (Å²) < 4.78 is 5.81. The Hall–Kier alpha value is -1.35. The number of aryl methyl sites for hydroxylation is 1. The molecule has 0 aromatic heterocycles. The first-order valence-corrected chi connectivity index (χ1v) is 7.28. The van der Waals surface area contributed by atoms with Gasteiger partial charge in [0, 0.05) is 12.5 Å². The lowest BCUT2D eigenvalue weighted by molar-refractivity contribution is 0.285. The molecule has 19 heavy (non-hydrogen) atoms. The highest BCUT2D eigenvalue weighted by atomic mass is 16.5. The van der Waals surface area contributed by atoms with Crippen molar-refractivity contribution in [1.82, 2.24) is 5.32 Å². The molecular weight excluding hydrogens is 236 g/mol. The molecule has 1 aromatic rings. The zero-order valence-electron chi connectivity index (χ0n) is 11.6. The highest BCUT2D eigenvalue weighted by Gasteiger charge is 2.27. The molecule has 0 saturated carbocycles. The molecule has 2 atom stereocenters. The highest BCUT2D eigenvalue weighted by Crippen LogP contribution is 2.20. The maximum Gasteiger partial charge on any atom is 0.188 e. The van der Waals surface area contributed by atoms with Gasteiger partial charge in [-0.05, 0) is 38.3 Å². The minimum absolute atomic E-state index is 0.305. The van der Waals surface area contributed by atoms with Crippen molar-refractivity contribution in [2.24, 2.45) is 10.9 Å². The Morgan fingerprint density at radius 1 is 1.32 bits per heavy atom. The Morgan fingerprint density at radius 3 is 2.89 bits per heavy atom. The van der Waals surface area contributed by atoms with Gasteiger partial charge in [-0.15, -0.1) is 0 Å². The first kappa shape index (κ1) is 12.7. The molecule has 3 nitrogen and oxygen atoms in total. The summed E-state index contributed by atoms with van der Waals surface area (Å²) in [7, 11) is 0. The van der Waals surface area contributed by atoms with Crippen LogP contribution in [0.1, 0.15) is 24.0 Å². The second-order valence-corrected chi connectivity index (χ2v) is 5.67. The van der Waals surface area contributed by atoms with Crippen LogP contribution < -0.4 is 5.32 Å². The SMILES string of the molecule is Cc1ccc(CC2COC(C3CCCNC3)=N2)cc1. The molecule has 3 rings (SSSR count). The lowest BCUT2D eigenvalue weighted by atomic mass is 9.99. The summed E-state index contributed by atoms with van der Waals surface area (Å²) in [4.78, 5) is 4.78. The molecule has 1 fully saturated rings. The maximum atomic E-state index is 5.81. The number of benzene rings is 1. The van der Waals surface area contributed by atoms with Crippen LogP contribution in [0, 0.1) is 12.8 Å². The van der Waals surface area contributed by atoms with Gasteiger partial charge in [-0.2, -0.15) is 0 Å². The summed E-state index contributed by atoms with van der Waals surface area (Å²) in [5, 5.41) is 3.42. The Bertz CT molecular complexity index is 446. The molecule has 2 unspecified atom stereocenters. The van der Waals surface area contributed by atoms with Crippen LogP contribution in [-0.4, -0.2) is 31.6 Å². The minimum atomic E-state index is 0.305. The highest BCUT2D eigenvalue weighted by molar-refractivity contribution is 5.80. The minimum Gasteiger partial charge on any atom is -0.478 e. The largest absolute Gasteiger partial charge is 0.478 e. The van der Waals surface area contributed by atoms with E-state index < -0.39 is 0 Å². The van der Waals surface area contributed by atoms with Crippen molar-refractivity contribution in [2.75, 3.05) is 19.7 Å². The summed E-state index contributed by atoms with van der Waals surface area (Å²) in [6.07, 6.45) is 3.43. The van der Waals surface area contributed by atoms with Gasteiger partial charge in [0.1, 0.15) is 6.61 Å². The van der Waals surface area contributed by atoms with Gasteiger partial charge in [0.05, 0.1) is 6.04 Å². The molecule has 1 N–H and O–H groups in total. The van der Waals surface area contributed by atoms with Crippen LogP contribution >= 0.6 is 0 Å². The second-order valence-electron chi connectivity index (χ2n) is 5.67. The summed E-state index contributed by atoms with van der Waals surface area (Å²) in [6.45, 7) is 5.03. The van der Waals surface area contributed by atoms with E-state index in [0.717, 1.165) is 32.0 Å². The normalized spacial score (nSPS) is 26.9. The third-order valence-corrected chi connectivity index (χ3v) is 3.97. The van der Waals surface area contributed by atoms with Crippen LogP contribution in [0.2, 0.25) is 0 Å². The Labute approximate surface area is 115 Å². The van der Waals surface area contributed by atoms with Gasteiger partial charge in [0.25, 0.3) is 0 Å². The number of ether oxygens (including phenoxy) is 1. The van der Waals surface area contributed by atoms with Crippen molar-refractivity contribution in [3.05, 3.63) is 35.4 Å². The Balaban J connectivity index is 1.60. The predicted molar refractivity (Wildman–Crippen MR) is 77.7 cm³/mol. The molecule has 1 saturated heterocycles. The van der Waals surface area contributed by atoms with E-state index in [1.54, 1.807) is 0 Å². The maximum absolute atomic E-state index is 5.81. The molecule has 2 aliphatic rings. The van der Waals surface area contributed by atoms with Gasteiger partial charge in [0.2, 0.25) is 0 Å². The van der Waals surface area contributed by atoms with E-state index in [2.05, 4.69) is 36.5 Å². The number of nitrogens with one attached hydrogen (secondary N) is 1. The van der Waals surface area contributed by atoms with Crippen LogP contribution in [0.4, 0.5) is 0 Å². The molecular formula is C16H22N2O. The third kappa shape index (κ3) is 3.16. The molecule has 2 heterocycles. The Kier molecular flexibility index (Phi) is 3.83. The molecule has 3 heteroatoms. The molecule has 102 valence electrons. The van der Waals surface area contributed by atoms with Gasteiger partial charge in [-0.25, -0.2) is 4.99 Å². The fraction of sp³-hybridized carbons (Fsp3) is 0.562. The van der Waals surface area contributed by atoms with Crippen LogP contribution in [0.5, 0.6) is 0 Å². The van der Waals surface area contributed by atoms with Crippen molar-refractivity contribution >= 4 is 5.90 Å². The van der Waals surface area contributed by atoms with E-state index in [4.69, 9.17) is 9.73 Å². The van der Waals surface area contributed by atoms with E-state index in [9.17, 15) is 0 Å². The van der Waals surface area contributed by atoms with Crippen LogP contribution in [0.3, 0.4) is 0 Å². The lowest BCUT2D eigenvalue weighted by Gasteiger charge is -2.21. The van der Waals surface area contributed by atoms with Gasteiger partial charge in [-0.1, -0.05) is 29.8 Å². The first-order chi connectivity index (χ1) is 9.31. The standard InChI is InChI=1S/C16H22N2O/c1-12-4-6-13(7-5-12)9-15-11-19-16(18-15)14-3-2-8-17-10-14/h4-7,14-15,17H,2-3,8-11H2,1H3. The zero-order valence-corrected chi connectivity index (χ0v) is 11.6. The smallest absolute Gasteiger partial charge is 0.188 e. The van der Waals surface area contributed by atoms with Crippen molar-refractivity contribution in [3.8, 4) is 0 Å². The fourth-order valence-corrected chi connectivity index (χ4v) is 2.82. The quantitative estimate of drug-likeness (QED) is 0.903. The summed E-state index contributed by atoms with van der Waals surface area (Å²) >= 11 is 0.